The molecule has 0 atom stereocenters. The van der Waals surface area contributed by atoms with Gasteiger partial charge in [0.05, 0.1) is 23.3 Å². The predicted molar refractivity (Wildman–Crippen MR) is 60.3 cm³/mol. The van der Waals surface area contributed by atoms with E-state index in [-0.39, 0.29) is 5.75 Å². The predicted octanol–water partition coefficient (Wildman–Crippen LogP) is 1.27. The highest BCUT2D eigenvalue weighted by molar-refractivity contribution is 7.92. The molecule has 0 aromatic carbocycles. The van der Waals surface area contributed by atoms with Gasteiger partial charge in [0.1, 0.15) is 0 Å². The number of nitrogens with zero attached hydrogens (tertiary/aromatic N) is 2. The first-order valence-corrected chi connectivity index (χ1v) is 6.60. The SMILES string of the molecule is CCCCS(=O)(=O)Nc1cnn(C)c1C. The lowest BCUT2D eigenvalue weighted by atomic mass is 10.4. The Morgan fingerprint density at radius 2 is 2.20 bits per heavy atom. The average Bonchev–Trinajstić information content (AvgIpc) is 2.46. The van der Waals surface area contributed by atoms with Crippen LogP contribution < -0.4 is 4.72 Å². The second-order valence-electron chi connectivity index (χ2n) is 3.54. The van der Waals surface area contributed by atoms with Gasteiger partial charge in [-0.1, -0.05) is 13.3 Å². The summed E-state index contributed by atoms with van der Waals surface area (Å²) in [5, 5.41) is 3.97. The Labute approximate surface area is 90.5 Å². The molecule has 15 heavy (non-hydrogen) atoms. The van der Waals surface area contributed by atoms with Crippen LogP contribution in [0.2, 0.25) is 0 Å². The molecule has 1 rings (SSSR count). The van der Waals surface area contributed by atoms with Crippen molar-refractivity contribution in [3.63, 3.8) is 0 Å². The summed E-state index contributed by atoms with van der Waals surface area (Å²) in [6, 6.07) is 0. The molecule has 0 saturated carbocycles. The molecule has 6 heteroatoms. The number of anilines is 1. The van der Waals surface area contributed by atoms with Crippen molar-refractivity contribution in [2.75, 3.05) is 10.5 Å². The van der Waals surface area contributed by atoms with Crippen molar-refractivity contribution < 1.29 is 8.42 Å². The van der Waals surface area contributed by atoms with Gasteiger partial charge in [-0.2, -0.15) is 5.10 Å². The van der Waals surface area contributed by atoms with Crippen molar-refractivity contribution in [1.29, 1.82) is 0 Å². The number of sulfonamides is 1. The fourth-order valence-electron chi connectivity index (χ4n) is 1.15. The van der Waals surface area contributed by atoms with Gasteiger partial charge in [-0.25, -0.2) is 8.42 Å². The fourth-order valence-corrected chi connectivity index (χ4v) is 2.46. The van der Waals surface area contributed by atoms with Gasteiger partial charge in [-0.05, 0) is 13.3 Å². The van der Waals surface area contributed by atoms with Crippen molar-refractivity contribution in [3.05, 3.63) is 11.9 Å². The summed E-state index contributed by atoms with van der Waals surface area (Å²) in [5.74, 6) is 0.165. The molecule has 0 unspecified atom stereocenters. The van der Waals surface area contributed by atoms with Crippen molar-refractivity contribution in [3.8, 4) is 0 Å². The lowest BCUT2D eigenvalue weighted by Crippen LogP contribution is -2.16. The van der Waals surface area contributed by atoms with Crippen LogP contribution in [0.4, 0.5) is 5.69 Å². The van der Waals surface area contributed by atoms with E-state index in [0.717, 1.165) is 12.1 Å². The number of hydrogen-bond acceptors (Lipinski definition) is 3. The quantitative estimate of drug-likeness (QED) is 0.830. The van der Waals surface area contributed by atoms with Gasteiger partial charge in [0.25, 0.3) is 0 Å². The average molecular weight is 231 g/mol. The summed E-state index contributed by atoms with van der Waals surface area (Å²) in [7, 11) is -1.43. The maximum atomic E-state index is 11.6. The zero-order valence-electron chi connectivity index (χ0n) is 9.32. The van der Waals surface area contributed by atoms with Crippen LogP contribution >= 0.6 is 0 Å². The molecular weight excluding hydrogens is 214 g/mol. The first-order valence-electron chi connectivity index (χ1n) is 4.95. The summed E-state index contributed by atoms with van der Waals surface area (Å²) in [5.41, 5.74) is 1.38. The molecule has 0 amide bonds. The monoisotopic (exact) mass is 231 g/mol. The molecule has 0 radical (unpaired) electrons. The minimum atomic E-state index is -3.21. The normalized spacial score (nSPS) is 11.7. The molecule has 1 aromatic heterocycles. The van der Waals surface area contributed by atoms with E-state index in [4.69, 9.17) is 0 Å². The Bertz CT molecular complexity index is 423. The topological polar surface area (TPSA) is 64.0 Å². The molecule has 0 aliphatic carbocycles. The Kier molecular flexibility index (Phi) is 3.73. The number of rotatable bonds is 5. The van der Waals surface area contributed by atoms with E-state index in [2.05, 4.69) is 9.82 Å². The number of nitrogens with one attached hydrogen (secondary N) is 1. The van der Waals surface area contributed by atoms with E-state index in [0.29, 0.717) is 12.1 Å². The van der Waals surface area contributed by atoms with Crippen molar-refractivity contribution in [1.82, 2.24) is 9.78 Å². The number of unbranched alkanes of at least 4 members (excludes halogenated alkanes) is 1. The standard InChI is InChI=1S/C9H17N3O2S/c1-4-5-6-15(13,14)11-9-7-10-12(3)8(9)2/h7,11H,4-6H2,1-3H3. The molecule has 1 heterocycles. The molecule has 0 fully saturated rings. The van der Waals surface area contributed by atoms with Gasteiger partial charge in [-0.3, -0.25) is 9.40 Å². The first-order chi connectivity index (χ1) is 6.96. The summed E-state index contributed by atoms with van der Waals surface area (Å²) < 4.78 is 27.3. The van der Waals surface area contributed by atoms with Gasteiger partial charge < -0.3 is 0 Å². The maximum Gasteiger partial charge on any atom is 0.232 e. The zero-order chi connectivity index (χ0) is 11.5. The van der Waals surface area contributed by atoms with E-state index in [1.54, 1.807) is 11.7 Å². The third-order valence-corrected chi connectivity index (χ3v) is 3.62. The van der Waals surface area contributed by atoms with Crippen LogP contribution in [0.3, 0.4) is 0 Å². The first kappa shape index (κ1) is 12.0. The molecule has 1 N–H and O–H groups in total. The van der Waals surface area contributed by atoms with Gasteiger partial charge in [0, 0.05) is 7.05 Å². The number of aryl methyl sites for hydroxylation is 1. The van der Waals surface area contributed by atoms with Crippen LogP contribution in [-0.2, 0) is 17.1 Å². The second-order valence-corrected chi connectivity index (χ2v) is 5.38. The fraction of sp³-hybridized carbons (Fsp3) is 0.667. The summed E-state index contributed by atoms with van der Waals surface area (Å²) in [4.78, 5) is 0. The van der Waals surface area contributed by atoms with Crippen molar-refractivity contribution in [2.45, 2.75) is 26.7 Å². The summed E-state index contributed by atoms with van der Waals surface area (Å²) in [6.07, 6.45) is 3.07. The second kappa shape index (κ2) is 4.65. The molecule has 0 spiro atoms. The largest absolute Gasteiger partial charge is 0.280 e. The molecule has 1 aromatic rings. The van der Waals surface area contributed by atoms with Crippen LogP contribution in [0, 0.1) is 6.92 Å². The van der Waals surface area contributed by atoms with Crippen LogP contribution in [0.1, 0.15) is 25.5 Å². The zero-order valence-corrected chi connectivity index (χ0v) is 10.1. The molecule has 5 nitrogen and oxygen atoms in total. The highest BCUT2D eigenvalue weighted by Gasteiger charge is 2.12. The summed E-state index contributed by atoms with van der Waals surface area (Å²) >= 11 is 0. The Morgan fingerprint density at radius 1 is 1.53 bits per heavy atom. The minimum absolute atomic E-state index is 0.165. The smallest absolute Gasteiger partial charge is 0.232 e. The van der Waals surface area contributed by atoms with Crippen molar-refractivity contribution >= 4 is 15.7 Å². The van der Waals surface area contributed by atoms with E-state index in [9.17, 15) is 8.42 Å². The molecule has 0 aliphatic rings. The summed E-state index contributed by atoms with van der Waals surface area (Å²) in [6.45, 7) is 3.79. The van der Waals surface area contributed by atoms with Crippen molar-refractivity contribution in [2.24, 2.45) is 7.05 Å². The lowest BCUT2D eigenvalue weighted by Gasteiger charge is -2.06. The Hall–Kier alpha value is -1.04. The molecule has 86 valence electrons. The van der Waals surface area contributed by atoms with E-state index in [1.165, 1.54) is 6.20 Å². The highest BCUT2D eigenvalue weighted by Crippen LogP contribution is 2.14. The molecule has 0 aliphatic heterocycles. The third kappa shape index (κ3) is 3.23. The van der Waals surface area contributed by atoms with Crippen LogP contribution in [0.15, 0.2) is 6.20 Å². The van der Waals surface area contributed by atoms with Crippen LogP contribution in [0.5, 0.6) is 0 Å². The number of aromatic nitrogens is 2. The van der Waals surface area contributed by atoms with E-state index < -0.39 is 10.0 Å². The maximum absolute atomic E-state index is 11.6. The van der Waals surface area contributed by atoms with Gasteiger partial charge in [0.2, 0.25) is 10.0 Å². The van der Waals surface area contributed by atoms with E-state index >= 15 is 0 Å². The van der Waals surface area contributed by atoms with Gasteiger partial charge in [-0.15, -0.1) is 0 Å². The molecule has 0 saturated heterocycles. The Balaban J connectivity index is 2.73. The number of hydrogen-bond donors (Lipinski definition) is 1. The van der Waals surface area contributed by atoms with Gasteiger partial charge >= 0.3 is 0 Å². The Morgan fingerprint density at radius 3 is 2.67 bits per heavy atom. The van der Waals surface area contributed by atoms with Crippen LogP contribution in [0.25, 0.3) is 0 Å². The third-order valence-electron chi connectivity index (χ3n) is 2.27. The van der Waals surface area contributed by atoms with Crippen LogP contribution in [-0.4, -0.2) is 24.0 Å². The molecular formula is C9H17N3O2S. The highest BCUT2D eigenvalue weighted by atomic mass is 32.2. The van der Waals surface area contributed by atoms with Gasteiger partial charge in [0.15, 0.2) is 0 Å². The van der Waals surface area contributed by atoms with E-state index in [1.807, 2.05) is 13.8 Å². The lowest BCUT2D eigenvalue weighted by molar-refractivity contribution is 0.598. The molecule has 0 bridgehead atoms. The minimum Gasteiger partial charge on any atom is -0.280 e.